The second kappa shape index (κ2) is 3.82. The minimum atomic E-state index is -0.373. The Labute approximate surface area is 107 Å². The molecule has 0 bridgehead atoms. The van der Waals surface area contributed by atoms with Crippen molar-refractivity contribution in [2.45, 2.75) is 33.1 Å². The van der Waals surface area contributed by atoms with Crippen LogP contribution in [0, 0.1) is 11.3 Å². The fourth-order valence-corrected chi connectivity index (χ4v) is 3.40. The molecule has 18 heavy (non-hydrogen) atoms. The Morgan fingerprint density at radius 1 is 1.56 bits per heavy atom. The van der Waals surface area contributed by atoms with Gasteiger partial charge in [0.1, 0.15) is 5.76 Å². The smallest absolute Gasteiger partial charge is 0.342 e. The molecule has 96 valence electrons. The Hall–Kier alpha value is -1.35. The van der Waals surface area contributed by atoms with E-state index >= 15 is 0 Å². The van der Waals surface area contributed by atoms with E-state index in [-0.39, 0.29) is 18.0 Å². The van der Waals surface area contributed by atoms with Crippen molar-refractivity contribution in [2.75, 3.05) is 6.61 Å². The third-order valence-corrected chi connectivity index (χ3v) is 4.81. The van der Waals surface area contributed by atoms with Gasteiger partial charge in [-0.15, -0.1) is 0 Å². The van der Waals surface area contributed by atoms with Gasteiger partial charge in [-0.1, -0.05) is 18.6 Å². The number of carbonyl (C=O) groups is 1. The van der Waals surface area contributed by atoms with Gasteiger partial charge in [0.15, 0.2) is 0 Å². The molecule has 3 nitrogen and oxygen atoms in total. The van der Waals surface area contributed by atoms with Gasteiger partial charge < -0.3 is 9.84 Å². The van der Waals surface area contributed by atoms with E-state index in [4.69, 9.17) is 4.74 Å². The monoisotopic (exact) mass is 246 g/mol. The van der Waals surface area contributed by atoms with Crippen LogP contribution in [0.2, 0.25) is 0 Å². The Morgan fingerprint density at radius 3 is 3.06 bits per heavy atom. The molecule has 0 amide bonds. The summed E-state index contributed by atoms with van der Waals surface area (Å²) in [6.45, 7) is 4.16. The number of carbonyl (C=O) groups excluding carboxylic acids is 1. The number of aliphatic hydroxyl groups excluding tert-OH is 1. The van der Waals surface area contributed by atoms with Gasteiger partial charge in [-0.2, -0.15) is 0 Å². The van der Waals surface area contributed by atoms with Crippen LogP contribution in [0.15, 0.2) is 34.6 Å². The molecule has 3 rings (SSSR count). The maximum absolute atomic E-state index is 11.7. The summed E-state index contributed by atoms with van der Waals surface area (Å²) in [6.07, 6.45) is 7.45. The highest BCUT2D eigenvalue weighted by Crippen LogP contribution is 2.52. The second-order valence-electron chi connectivity index (χ2n) is 5.66. The number of aliphatic hydroxyl groups is 1. The summed E-state index contributed by atoms with van der Waals surface area (Å²) in [5.41, 5.74) is 2.75. The van der Waals surface area contributed by atoms with E-state index in [1.807, 2.05) is 0 Å². The molecule has 0 aromatic rings. The van der Waals surface area contributed by atoms with Crippen molar-refractivity contribution >= 4 is 5.97 Å². The van der Waals surface area contributed by atoms with Gasteiger partial charge in [0.05, 0.1) is 12.2 Å². The Morgan fingerprint density at radius 2 is 2.33 bits per heavy atom. The number of hydrogen-bond acceptors (Lipinski definition) is 3. The molecular weight excluding hydrogens is 228 g/mol. The molecule has 0 radical (unpaired) electrons. The van der Waals surface area contributed by atoms with Crippen molar-refractivity contribution in [3.63, 3.8) is 0 Å². The summed E-state index contributed by atoms with van der Waals surface area (Å²) >= 11 is 0. The highest BCUT2D eigenvalue weighted by Gasteiger charge is 2.44. The SMILES string of the molecule is CC1=CCC[C@@H]2CC3=C(CO)C(=O)OC3=C[C@@]12C. The van der Waals surface area contributed by atoms with Crippen molar-refractivity contribution in [1.82, 2.24) is 0 Å². The third-order valence-electron chi connectivity index (χ3n) is 4.81. The molecule has 0 aromatic heterocycles. The van der Waals surface area contributed by atoms with Crippen LogP contribution < -0.4 is 0 Å². The molecule has 1 heterocycles. The largest absolute Gasteiger partial charge is 0.423 e. The van der Waals surface area contributed by atoms with E-state index in [0.717, 1.165) is 24.8 Å². The molecule has 0 spiro atoms. The van der Waals surface area contributed by atoms with E-state index in [2.05, 4.69) is 26.0 Å². The van der Waals surface area contributed by atoms with Gasteiger partial charge in [0.2, 0.25) is 0 Å². The molecule has 3 heteroatoms. The highest BCUT2D eigenvalue weighted by atomic mass is 16.5. The molecule has 0 saturated heterocycles. The van der Waals surface area contributed by atoms with Crippen molar-refractivity contribution in [3.05, 3.63) is 34.6 Å². The second-order valence-corrected chi connectivity index (χ2v) is 5.66. The van der Waals surface area contributed by atoms with Gasteiger partial charge >= 0.3 is 5.97 Å². The standard InChI is InChI=1S/C15H18O3/c1-9-4-3-5-10-6-11-12(8-16)14(17)18-13(11)7-15(9,10)2/h4,7,10,16H,3,5-6,8H2,1-2H3/t10-,15+/m1/s1. The minimum absolute atomic E-state index is 0.00225. The zero-order chi connectivity index (χ0) is 12.9. The van der Waals surface area contributed by atoms with Crippen LogP contribution in [0.1, 0.15) is 33.1 Å². The molecule has 2 atom stereocenters. The first-order chi connectivity index (χ1) is 8.56. The molecule has 0 saturated carbocycles. The van der Waals surface area contributed by atoms with Crippen LogP contribution in [-0.4, -0.2) is 17.7 Å². The number of ether oxygens (including phenoxy) is 1. The number of allylic oxidation sites excluding steroid dienone is 4. The van der Waals surface area contributed by atoms with Crippen molar-refractivity contribution < 1.29 is 14.6 Å². The summed E-state index contributed by atoms with van der Waals surface area (Å²) in [7, 11) is 0. The van der Waals surface area contributed by atoms with Gasteiger partial charge in [0.25, 0.3) is 0 Å². The Balaban J connectivity index is 2.11. The quantitative estimate of drug-likeness (QED) is 0.571. The van der Waals surface area contributed by atoms with Crippen LogP contribution in [0.25, 0.3) is 0 Å². The average Bonchev–Trinajstić information content (AvgIpc) is 2.62. The predicted octanol–water partition coefficient (Wildman–Crippen LogP) is 2.48. The lowest BCUT2D eigenvalue weighted by Crippen LogP contribution is -2.33. The molecule has 3 aliphatic rings. The van der Waals surface area contributed by atoms with Crippen molar-refractivity contribution in [3.8, 4) is 0 Å². The normalized spacial score (nSPS) is 34.6. The Bertz CT molecular complexity index is 510. The summed E-state index contributed by atoms with van der Waals surface area (Å²) in [5, 5.41) is 9.29. The lowest BCUT2D eigenvalue weighted by atomic mass is 9.61. The maximum atomic E-state index is 11.7. The van der Waals surface area contributed by atoms with Gasteiger partial charge in [-0.05, 0) is 38.2 Å². The van der Waals surface area contributed by atoms with Gasteiger partial charge in [-0.3, -0.25) is 0 Å². The van der Waals surface area contributed by atoms with Crippen LogP contribution in [0.3, 0.4) is 0 Å². The van der Waals surface area contributed by atoms with Crippen LogP contribution in [0.5, 0.6) is 0 Å². The molecule has 0 fully saturated rings. The Kier molecular flexibility index (Phi) is 2.49. The highest BCUT2D eigenvalue weighted by molar-refractivity contribution is 5.95. The van der Waals surface area contributed by atoms with Crippen LogP contribution in [-0.2, 0) is 9.53 Å². The lowest BCUT2D eigenvalue weighted by molar-refractivity contribution is -0.133. The summed E-state index contributed by atoms with van der Waals surface area (Å²) in [5.74, 6) is 0.817. The first kappa shape index (κ1) is 11.7. The molecular formula is C15H18O3. The van der Waals surface area contributed by atoms with Gasteiger partial charge in [0, 0.05) is 11.0 Å². The lowest BCUT2D eigenvalue weighted by Gasteiger charge is -2.42. The fourth-order valence-electron chi connectivity index (χ4n) is 3.40. The first-order valence-corrected chi connectivity index (χ1v) is 6.52. The maximum Gasteiger partial charge on any atom is 0.342 e. The van der Waals surface area contributed by atoms with E-state index in [9.17, 15) is 9.90 Å². The zero-order valence-corrected chi connectivity index (χ0v) is 10.8. The van der Waals surface area contributed by atoms with E-state index in [1.54, 1.807) is 0 Å². The average molecular weight is 246 g/mol. The molecule has 0 unspecified atom stereocenters. The predicted molar refractivity (Wildman–Crippen MR) is 67.5 cm³/mol. The summed E-state index contributed by atoms with van der Waals surface area (Å²) in [6, 6.07) is 0. The number of rotatable bonds is 1. The van der Waals surface area contributed by atoms with Gasteiger partial charge in [-0.25, -0.2) is 4.79 Å². The number of esters is 1. The summed E-state index contributed by atoms with van der Waals surface area (Å²) in [4.78, 5) is 11.7. The molecule has 1 aliphatic heterocycles. The van der Waals surface area contributed by atoms with Crippen molar-refractivity contribution in [2.24, 2.45) is 11.3 Å². The number of fused-ring (bicyclic) bond motifs is 2. The van der Waals surface area contributed by atoms with Crippen LogP contribution in [0.4, 0.5) is 0 Å². The summed E-state index contributed by atoms with van der Waals surface area (Å²) < 4.78 is 5.29. The number of hydrogen-bond donors (Lipinski definition) is 1. The van der Waals surface area contributed by atoms with Crippen molar-refractivity contribution in [1.29, 1.82) is 0 Å². The van der Waals surface area contributed by atoms with E-state index in [1.165, 1.54) is 5.57 Å². The fraction of sp³-hybridized carbons (Fsp3) is 0.533. The van der Waals surface area contributed by atoms with E-state index < -0.39 is 0 Å². The molecule has 0 aromatic carbocycles. The molecule has 1 N–H and O–H groups in total. The minimum Gasteiger partial charge on any atom is -0.423 e. The third kappa shape index (κ3) is 1.43. The topological polar surface area (TPSA) is 46.5 Å². The van der Waals surface area contributed by atoms with E-state index in [0.29, 0.717) is 17.3 Å². The molecule has 2 aliphatic carbocycles. The first-order valence-electron chi connectivity index (χ1n) is 6.52. The zero-order valence-electron chi connectivity index (χ0n) is 10.8. The van der Waals surface area contributed by atoms with Crippen LogP contribution >= 0.6 is 0 Å².